The van der Waals surface area contributed by atoms with Crippen LogP contribution in [-0.4, -0.2) is 18.6 Å². The molecule has 0 saturated carbocycles. The van der Waals surface area contributed by atoms with Crippen molar-refractivity contribution in [1.82, 2.24) is 5.32 Å². The van der Waals surface area contributed by atoms with Gasteiger partial charge in [-0.15, -0.1) is 0 Å². The molecule has 0 fully saturated rings. The summed E-state index contributed by atoms with van der Waals surface area (Å²) >= 11 is 0. The fraction of sp³-hybridized carbons (Fsp3) is 0.222. The number of nitrogen functional groups attached to an aromatic ring is 1. The van der Waals surface area contributed by atoms with Gasteiger partial charge in [0.05, 0.1) is 0 Å². The van der Waals surface area contributed by atoms with Crippen molar-refractivity contribution in [3.63, 3.8) is 0 Å². The predicted octanol–water partition coefficient (Wildman–Crippen LogP) is 1.70. The van der Waals surface area contributed by atoms with Crippen LogP contribution in [0, 0.1) is 5.82 Å². The summed E-state index contributed by atoms with van der Waals surface area (Å²) in [6.45, 7) is -1.47. The molecular weight excluding hydrogens is 228 g/mol. The number of carbonyl (C=O) groups excluding carboxylic acids is 1. The minimum Gasteiger partial charge on any atom is -0.399 e. The van der Waals surface area contributed by atoms with Gasteiger partial charge in [-0.05, 0) is 18.2 Å². The SMILES string of the molecule is Nc1cc(F)cc(C(=O)NCC(F)(F)F)c1. The van der Waals surface area contributed by atoms with Crippen LogP contribution < -0.4 is 11.1 Å². The number of benzene rings is 1. The molecule has 1 rings (SSSR count). The lowest BCUT2D eigenvalue weighted by molar-refractivity contribution is -0.123. The maximum Gasteiger partial charge on any atom is 0.405 e. The first-order valence-corrected chi connectivity index (χ1v) is 4.19. The minimum absolute atomic E-state index is 0.0304. The molecule has 16 heavy (non-hydrogen) atoms. The summed E-state index contributed by atoms with van der Waals surface area (Å²) in [5.74, 6) is -1.80. The first-order chi connectivity index (χ1) is 7.28. The van der Waals surface area contributed by atoms with Crippen molar-refractivity contribution in [3.8, 4) is 0 Å². The Morgan fingerprint density at radius 1 is 1.31 bits per heavy atom. The van der Waals surface area contributed by atoms with E-state index in [0.29, 0.717) is 0 Å². The Hall–Kier alpha value is -1.79. The van der Waals surface area contributed by atoms with E-state index in [1.165, 1.54) is 0 Å². The normalized spacial score (nSPS) is 11.2. The number of alkyl halides is 3. The monoisotopic (exact) mass is 236 g/mol. The van der Waals surface area contributed by atoms with Gasteiger partial charge >= 0.3 is 6.18 Å². The zero-order valence-electron chi connectivity index (χ0n) is 7.94. The number of nitrogens with one attached hydrogen (secondary N) is 1. The molecule has 3 nitrogen and oxygen atoms in total. The molecule has 1 amide bonds. The van der Waals surface area contributed by atoms with E-state index in [9.17, 15) is 22.4 Å². The second kappa shape index (κ2) is 4.38. The number of rotatable bonds is 2. The Morgan fingerprint density at radius 3 is 2.44 bits per heavy atom. The number of nitrogens with two attached hydrogens (primary N) is 1. The van der Waals surface area contributed by atoms with Gasteiger partial charge in [-0.3, -0.25) is 4.79 Å². The number of anilines is 1. The summed E-state index contributed by atoms with van der Waals surface area (Å²) in [5, 5.41) is 1.61. The molecule has 0 aliphatic rings. The maximum atomic E-state index is 12.8. The van der Waals surface area contributed by atoms with Crippen LogP contribution in [0.3, 0.4) is 0 Å². The van der Waals surface area contributed by atoms with E-state index in [2.05, 4.69) is 0 Å². The largest absolute Gasteiger partial charge is 0.405 e. The van der Waals surface area contributed by atoms with E-state index in [1.54, 1.807) is 5.32 Å². The Bertz CT molecular complexity index is 383. The van der Waals surface area contributed by atoms with Crippen molar-refractivity contribution in [2.24, 2.45) is 0 Å². The van der Waals surface area contributed by atoms with Crippen molar-refractivity contribution in [2.75, 3.05) is 12.3 Å². The van der Waals surface area contributed by atoms with Gasteiger partial charge in [0.1, 0.15) is 12.4 Å². The topological polar surface area (TPSA) is 55.1 Å². The maximum absolute atomic E-state index is 12.8. The number of carbonyl (C=O) groups is 1. The first-order valence-electron chi connectivity index (χ1n) is 4.19. The van der Waals surface area contributed by atoms with Gasteiger partial charge in [0.15, 0.2) is 0 Å². The van der Waals surface area contributed by atoms with Crippen molar-refractivity contribution in [3.05, 3.63) is 29.6 Å². The molecule has 0 aliphatic heterocycles. The highest BCUT2D eigenvalue weighted by Gasteiger charge is 2.27. The Kier molecular flexibility index (Phi) is 3.36. The molecule has 0 spiro atoms. The highest BCUT2D eigenvalue weighted by atomic mass is 19.4. The van der Waals surface area contributed by atoms with Crippen LogP contribution in [0.1, 0.15) is 10.4 Å². The van der Waals surface area contributed by atoms with Crippen LogP contribution >= 0.6 is 0 Å². The zero-order valence-corrected chi connectivity index (χ0v) is 7.94. The van der Waals surface area contributed by atoms with Gasteiger partial charge < -0.3 is 11.1 Å². The van der Waals surface area contributed by atoms with Crippen LogP contribution in [0.15, 0.2) is 18.2 Å². The molecule has 0 heterocycles. The second-order valence-electron chi connectivity index (χ2n) is 3.07. The molecule has 0 bridgehead atoms. The van der Waals surface area contributed by atoms with E-state index >= 15 is 0 Å². The molecule has 7 heteroatoms. The molecule has 3 N–H and O–H groups in total. The Labute approximate surface area is 88.2 Å². The first kappa shape index (κ1) is 12.3. The van der Waals surface area contributed by atoms with Crippen molar-refractivity contribution >= 4 is 11.6 Å². The van der Waals surface area contributed by atoms with E-state index in [4.69, 9.17) is 5.73 Å². The third-order valence-electron chi connectivity index (χ3n) is 1.63. The van der Waals surface area contributed by atoms with Gasteiger partial charge in [0, 0.05) is 11.3 Å². The molecule has 0 aliphatic carbocycles. The zero-order chi connectivity index (χ0) is 12.3. The van der Waals surface area contributed by atoms with Crippen LogP contribution in [0.4, 0.5) is 23.2 Å². The van der Waals surface area contributed by atoms with E-state index in [-0.39, 0.29) is 11.3 Å². The fourth-order valence-electron chi connectivity index (χ4n) is 1.03. The number of hydrogen-bond donors (Lipinski definition) is 2. The van der Waals surface area contributed by atoms with Crippen LogP contribution in [0.5, 0.6) is 0 Å². The average molecular weight is 236 g/mol. The van der Waals surface area contributed by atoms with Crippen LogP contribution in [0.2, 0.25) is 0 Å². The second-order valence-corrected chi connectivity index (χ2v) is 3.07. The van der Waals surface area contributed by atoms with Crippen LogP contribution in [-0.2, 0) is 0 Å². The molecule has 0 aromatic heterocycles. The van der Waals surface area contributed by atoms with Gasteiger partial charge in [-0.25, -0.2) is 4.39 Å². The highest BCUT2D eigenvalue weighted by Crippen LogP contribution is 2.14. The van der Waals surface area contributed by atoms with Gasteiger partial charge in [-0.2, -0.15) is 13.2 Å². The molecule has 1 aromatic rings. The molecule has 0 unspecified atom stereocenters. The summed E-state index contributed by atoms with van der Waals surface area (Å²) in [5.41, 5.74) is 4.96. The summed E-state index contributed by atoms with van der Waals surface area (Å²) in [4.78, 5) is 11.2. The Morgan fingerprint density at radius 2 is 1.94 bits per heavy atom. The third kappa shape index (κ3) is 3.76. The lowest BCUT2D eigenvalue weighted by Gasteiger charge is -2.08. The predicted molar refractivity (Wildman–Crippen MR) is 49.2 cm³/mol. The highest BCUT2D eigenvalue weighted by molar-refractivity contribution is 5.95. The summed E-state index contributed by atoms with van der Waals surface area (Å²) < 4.78 is 48.1. The molecular formula is C9H8F4N2O. The third-order valence-corrected chi connectivity index (χ3v) is 1.63. The van der Waals surface area contributed by atoms with Crippen molar-refractivity contribution < 1.29 is 22.4 Å². The molecule has 0 radical (unpaired) electrons. The van der Waals surface area contributed by atoms with Crippen molar-refractivity contribution in [1.29, 1.82) is 0 Å². The fourth-order valence-corrected chi connectivity index (χ4v) is 1.03. The quantitative estimate of drug-likeness (QED) is 0.606. The number of amides is 1. The van der Waals surface area contributed by atoms with E-state index in [0.717, 1.165) is 18.2 Å². The van der Waals surface area contributed by atoms with E-state index < -0.39 is 24.4 Å². The van der Waals surface area contributed by atoms with E-state index in [1.807, 2.05) is 0 Å². The number of halogens is 4. The van der Waals surface area contributed by atoms with Crippen LogP contribution in [0.25, 0.3) is 0 Å². The summed E-state index contributed by atoms with van der Waals surface area (Å²) in [6.07, 6.45) is -4.51. The molecule has 0 saturated heterocycles. The summed E-state index contributed by atoms with van der Waals surface area (Å²) in [7, 11) is 0. The van der Waals surface area contributed by atoms with Gasteiger partial charge in [0.25, 0.3) is 5.91 Å². The standard InChI is InChI=1S/C9H8F4N2O/c10-6-1-5(2-7(14)3-6)8(16)15-4-9(11,12)13/h1-3H,4,14H2,(H,15,16). The Balaban J connectivity index is 2.73. The minimum atomic E-state index is -4.51. The molecule has 88 valence electrons. The number of hydrogen-bond acceptors (Lipinski definition) is 2. The molecule has 1 aromatic carbocycles. The van der Waals surface area contributed by atoms with Crippen molar-refractivity contribution in [2.45, 2.75) is 6.18 Å². The lowest BCUT2D eigenvalue weighted by atomic mass is 10.2. The lowest BCUT2D eigenvalue weighted by Crippen LogP contribution is -2.33. The summed E-state index contributed by atoms with van der Waals surface area (Å²) in [6, 6.07) is 2.86. The van der Waals surface area contributed by atoms with Gasteiger partial charge in [0.2, 0.25) is 0 Å². The van der Waals surface area contributed by atoms with Gasteiger partial charge in [-0.1, -0.05) is 0 Å². The molecule has 0 atom stereocenters. The average Bonchev–Trinajstić information content (AvgIpc) is 2.11. The smallest absolute Gasteiger partial charge is 0.399 e.